The molecule has 2 amide bonds. The van der Waals surface area contributed by atoms with Crippen LogP contribution in [0.4, 0.5) is 5.82 Å². The van der Waals surface area contributed by atoms with Crippen LogP contribution in [0.15, 0.2) is 0 Å². The third-order valence-electron chi connectivity index (χ3n) is 7.88. The minimum atomic E-state index is -0.864. The molecule has 1 atom stereocenters. The van der Waals surface area contributed by atoms with Gasteiger partial charge in [0.05, 0.1) is 18.1 Å². The monoisotopic (exact) mass is 440 g/mol. The van der Waals surface area contributed by atoms with Gasteiger partial charge >= 0.3 is 0 Å². The number of aryl methyl sites for hydroxylation is 1. The first-order valence-electron chi connectivity index (χ1n) is 12.6. The van der Waals surface area contributed by atoms with Gasteiger partial charge in [-0.3, -0.25) is 14.5 Å². The third kappa shape index (κ3) is 4.41. The quantitative estimate of drug-likeness (QED) is 0.756. The number of piperidine rings is 1. The highest BCUT2D eigenvalue weighted by Crippen LogP contribution is 2.38. The predicted molar refractivity (Wildman–Crippen MR) is 121 cm³/mol. The lowest BCUT2D eigenvalue weighted by Crippen LogP contribution is -2.45. The van der Waals surface area contributed by atoms with Gasteiger partial charge in [-0.1, -0.05) is 19.3 Å². The van der Waals surface area contributed by atoms with Crippen molar-refractivity contribution in [2.24, 2.45) is 5.92 Å². The van der Waals surface area contributed by atoms with Crippen LogP contribution in [0.25, 0.3) is 0 Å². The largest absolute Gasteiger partial charge is 0.389 e. The maximum absolute atomic E-state index is 13.3. The number of hydrogen-bond acceptors (Lipinski definition) is 5. The Bertz CT molecular complexity index is 891. The van der Waals surface area contributed by atoms with Gasteiger partial charge in [-0.05, 0) is 64.2 Å². The molecule has 32 heavy (non-hydrogen) atoms. The van der Waals surface area contributed by atoms with E-state index in [2.05, 4.69) is 0 Å². The van der Waals surface area contributed by atoms with Crippen LogP contribution < -0.4 is 4.90 Å². The molecule has 1 unspecified atom stereocenters. The van der Waals surface area contributed by atoms with Crippen molar-refractivity contribution >= 4 is 17.6 Å². The number of nitrogens with zero attached hydrogens (tertiary/aromatic N) is 4. The topological polar surface area (TPSA) is 86.6 Å². The van der Waals surface area contributed by atoms with E-state index in [4.69, 9.17) is 9.97 Å². The molecule has 0 aromatic carbocycles. The Morgan fingerprint density at radius 3 is 2.59 bits per heavy atom. The molecule has 2 aliphatic heterocycles. The van der Waals surface area contributed by atoms with Crippen molar-refractivity contribution in [3.05, 3.63) is 17.1 Å². The first-order valence-corrected chi connectivity index (χ1v) is 12.6. The lowest BCUT2D eigenvalue weighted by Gasteiger charge is -2.39. The van der Waals surface area contributed by atoms with Crippen molar-refractivity contribution in [3.8, 4) is 0 Å². The maximum atomic E-state index is 13.3. The zero-order chi connectivity index (χ0) is 22.3. The van der Waals surface area contributed by atoms with Gasteiger partial charge < -0.3 is 10.0 Å². The average molecular weight is 441 g/mol. The highest BCUT2D eigenvalue weighted by atomic mass is 16.3. The molecule has 2 aliphatic carbocycles. The van der Waals surface area contributed by atoms with Crippen LogP contribution >= 0.6 is 0 Å². The highest BCUT2D eigenvalue weighted by Gasteiger charge is 2.38. The number of carbonyl (C=O) groups excluding carboxylic acids is 2. The maximum Gasteiger partial charge on any atom is 0.228 e. The average Bonchev–Trinajstić information content (AvgIpc) is 3.60. The minimum absolute atomic E-state index is 0.0176. The van der Waals surface area contributed by atoms with E-state index in [0.717, 1.165) is 62.1 Å². The van der Waals surface area contributed by atoms with Crippen LogP contribution in [0, 0.1) is 12.8 Å². The lowest BCUT2D eigenvalue weighted by molar-refractivity contribution is -0.142. The number of aliphatic hydroxyl groups is 1. The zero-order valence-corrected chi connectivity index (χ0v) is 19.3. The van der Waals surface area contributed by atoms with Crippen LogP contribution in [0.3, 0.4) is 0 Å². The molecule has 3 heterocycles. The zero-order valence-electron chi connectivity index (χ0n) is 19.3. The van der Waals surface area contributed by atoms with E-state index in [1.54, 1.807) is 0 Å². The van der Waals surface area contributed by atoms with E-state index < -0.39 is 5.60 Å². The van der Waals surface area contributed by atoms with Gasteiger partial charge in [0.1, 0.15) is 5.82 Å². The fourth-order valence-corrected chi connectivity index (χ4v) is 5.77. The number of likely N-dealkylation sites (tertiary alicyclic amines) is 1. The second-order valence-electron chi connectivity index (χ2n) is 10.5. The SMILES string of the molecule is Cc1nc(C2CCCCN2C(=O)CC2(O)CCCCC2)nc2c1CCC(=O)N2CC1CC1. The molecule has 0 spiro atoms. The molecule has 1 saturated heterocycles. The molecule has 0 radical (unpaired) electrons. The summed E-state index contributed by atoms with van der Waals surface area (Å²) in [6.45, 7) is 3.45. The summed E-state index contributed by atoms with van der Waals surface area (Å²) < 4.78 is 0. The van der Waals surface area contributed by atoms with Crippen LogP contribution in [0.1, 0.15) is 100 Å². The molecule has 174 valence electrons. The van der Waals surface area contributed by atoms with E-state index >= 15 is 0 Å². The molecule has 1 aromatic heterocycles. The molecule has 1 aromatic rings. The Balaban J connectivity index is 1.42. The number of hydrogen-bond donors (Lipinski definition) is 1. The molecule has 4 aliphatic rings. The summed E-state index contributed by atoms with van der Waals surface area (Å²) >= 11 is 0. The molecule has 1 N–H and O–H groups in total. The van der Waals surface area contributed by atoms with E-state index in [1.165, 1.54) is 12.8 Å². The highest BCUT2D eigenvalue weighted by molar-refractivity contribution is 5.95. The van der Waals surface area contributed by atoms with Crippen LogP contribution in [-0.2, 0) is 16.0 Å². The van der Waals surface area contributed by atoms with Crippen molar-refractivity contribution in [2.75, 3.05) is 18.0 Å². The van der Waals surface area contributed by atoms with Crippen molar-refractivity contribution in [1.82, 2.24) is 14.9 Å². The molecule has 7 heteroatoms. The van der Waals surface area contributed by atoms with Gasteiger partial charge in [0, 0.05) is 30.8 Å². The number of rotatable bonds is 5. The Morgan fingerprint density at radius 2 is 1.84 bits per heavy atom. The summed E-state index contributed by atoms with van der Waals surface area (Å²) in [7, 11) is 0. The fraction of sp³-hybridized carbons (Fsp3) is 0.760. The van der Waals surface area contributed by atoms with E-state index in [9.17, 15) is 14.7 Å². The fourth-order valence-electron chi connectivity index (χ4n) is 5.77. The van der Waals surface area contributed by atoms with Crippen molar-refractivity contribution in [2.45, 2.75) is 102 Å². The summed E-state index contributed by atoms with van der Waals surface area (Å²) in [5.74, 6) is 2.21. The van der Waals surface area contributed by atoms with E-state index in [-0.39, 0.29) is 24.3 Å². The van der Waals surface area contributed by atoms with E-state index in [0.29, 0.717) is 44.0 Å². The molecular formula is C25H36N4O3. The van der Waals surface area contributed by atoms with Gasteiger partial charge in [0.15, 0.2) is 5.82 Å². The molecule has 5 rings (SSSR count). The summed E-state index contributed by atoms with van der Waals surface area (Å²) in [5, 5.41) is 11.0. The van der Waals surface area contributed by atoms with Crippen LogP contribution in [0.2, 0.25) is 0 Å². The summed E-state index contributed by atoms with van der Waals surface area (Å²) in [5.41, 5.74) is 1.15. The summed E-state index contributed by atoms with van der Waals surface area (Å²) in [6, 6.07) is -0.174. The second kappa shape index (κ2) is 8.73. The molecule has 2 saturated carbocycles. The number of aromatic nitrogens is 2. The Morgan fingerprint density at radius 1 is 1.06 bits per heavy atom. The Labute approximate surface area is 190 Å². The third-order valence-corrected chi connectivity index (χ3v) is 7.88. The number of amides is 2. The van der Waals surface area contributed by atoms with Crippen molar-refractivity contribution in [3.63, 3.8) is 0 Å². The molecule has 0 bridgehead atoms. The Kier molecular flexibility index (Phi) is 5.95. The minimum Gasteiger partial charge on any atom is -0.389 e. The van der Waals surface area contributed by atoms with Gasteiger partial charge in [-0.2, -0.15) is 0 Å². The van der Waals surface area contributed by atoms with E-state index in [1.807, 2.05) is 16.7 Å². The second-order valence-corrected chi connectivity index (χ2v) is 10.5. The first-order chi connectivity index (χ1) is 15.4. The lowest BCUT2D eigenvalue weighted by atomic mass is 9.82. The molecular weight excluding hydrogens is 404 g/mol. The van der Waals surface area contributed by atoms with Crippen LogP contribution in [0.5, 0.6) is 0 Å². The van der Waals surface area contributed by atoms with Gasteiger partial charge in [0.25, 0.3) is 0 Å². The summed E-state index contributed by atoms with van der Waals surface area (Å²) in [6.07, 6.45) is 11.2. The molecule has 7 nitrogen and oxygen atoms in total. The predicted octanol–water partition coefficient (Wildman–Crippen LogP) is 3.61. The number of anilines is 1. The first kappa shape index (κ1) is 21.8. The number of fused-ring (bicyclic) bond motifs is 1. The van der Waals surface area contributed by atoms with Gasteiger partial charge in [0.2, 0.25) is 11.8 Å². The van der Waals surface area contributed by atoms with Crippen LogP contribution in [-0.4, -0.2) is 50.5 Å². The van der Waals surface area contributed by atoms with Crippen molar-refractivity contribution in [1.29, 1.82) is 0 Å². The van der Waals surface area contributed by atoms with Crippen molar-refractivity contribution < 1.29 is 14.7 Å². The number of carbonyl (C=O) groups is 2. The van der Waals surface area contributed by atoms with Gasteiger partial charge in [-0.25, -0.2) is 9.97 Å². The smallest absolute Gasteiger partial charge is 0.228 e. The van der Waals surface area contributed by atoms with Gasteiger partial charge in [-0.15, -0.1) is 0 Å². The Hall–Kier alpha value is -2.02. The standard InChI is InChI=1S/C25H36N4O3/c1-17-19-10-11-21(30)29(16-18-8-9-18)24(19)27-23(26-17)20-7-3-6-14-28(20)22(31)15-25(32)12-4-2-5-13-25/h18,20,32H,2-16H2,1H3. The molecule has 3 fully saturated rings. The normalized spacial score (nSPS) is 25.6. The summed E-state index contributed by atoms with van der Waals surface area (Å²) in [4.78, 5) is 39.7.